The summed E-state index contributed by atoms with van der Waals surface area (Å²) in [5, 5.41) is 2.97. The van der Waals surface area contributed by atoms with E-state index >= 15 is 0 Å². The molecule has 0 saturated carbocycles. The van der Waals surface area contributed by atoms with Gasteiger partial charge in [0, 0.05) is 6.54 Å². The molecule has 2 aromatic carbocycles. The first-order chi connectivity index (χ1) is 12.1. The Morgan fingerprint density at radius 3 is 2.52 bits per heavy atom. The monoisotopic (exact) mass is 342 g/mol. The van der Waals surface area contributed by atoms with E-state index in [0.717, 1.165) is 17.5 Å². The van der Waals surface area contributed by atoms with Crippen molar-refractivity contribution in [3.05, 3.63) is 65.2 Å². The highest BCUT2D eigenvalue weighted by molar-refractivity contribution is 5.79. The van der Waals surface area contributed by atoms with E-state index in [1.54, 1.807) is 0 Å². The van der Waals surface area contributed by atoms with Crippen LogP contribution in [0.2, 0.25) is 0 Å². The van der Waals surface area contributed by atoms with Gasteiger partial charge >= 0.3 is 0 Å². The lowest BCUT2D eigenvalue weighted by Crippen LogP contribution is -2.27. The third-order valence-electron chi connectivity index (χ3n) is 4.03. The predicted molar refractivity (Wildman–Crippen MR) is 98.9 cm³/mol. The topological polar surface area (TPSA) is 38.3 Å². The molecule has 0 spiro atoms. The molecule has 0 aliphatic rings. The zero-order chi connectivity index (χ0) is 18.1. The van der Waals surface area contributed by atoms with Gasteiger partial charge in [0.1, 0.15) is 19.0 Å². The highest BCUT2D eigenvalue weighted by Crippen LogP contribution is 2.19. The van der Waals surface area contributed by atoms with E-state index in [1.807, 2.05) is 42.5 Å². The number of rotatable bonds is 9. The Balaban J connectivity index is 1.79. The lowest BCUT2D eigenvalue weighted by atomic mass is 9.95. The zero-order valence-corrected chi connectivity index (χ0v) is 14.9. The van der Waals surface area contributed by atoms with Gasteiger partial charge < -0.3 is 10.1 Å². The summed E-state index contributed by atoms with van der Waals surface area (Å²) in [6.45, 7) is 4.45. The molecule has 0 radical (unpaired) electrons. The third-order valence-corrected chi connectivity index (χ3v) is 4.03. The Kier molecular flexibility index (Phi) is 7.45. The molecule has 0 atom stereocenters. The fourth-order valence-electron chi connectivity index (χ4n) is 2.75. The Labute approximate surface area is 149 Å². The van der Waals surface area contributed by atoms with Crippen LogP contribution < -0.4 is 10.1 Å². The van der Waals surface area contributed by atoms with Crippen LogP contribution in [-0.2, 0) is 17.6 Å². The van der Waals surface area contributed by atoms with E-state index in [0.29, 0.717) is 24.6 Å². The Bertz CT molecular complexity index is 668. The van der Waals surface area contributed by atoms with Crippen LogP contribution in [0.15, 0.2) is 48.5 Å². The second kappa shape index (κ2) is 9.82. The molecule has 2 rings (SSSR count). The molecule has 2 aromatic rings. The quantitative estimate of drug-likeness (QED) is 0.746. The summed E-state index contributed by atoms with van der Waals surface area (Å²) >= 11 is 0. The van der Waals surface area contributed by atoms with E-state index < -0.39 is 6.67 Å². The van der Waals surface area contributed by atoms with E-state index in [1.165, 1.54) is 5.56 Å². The van der Waals surface area contributed by atoms with Crippen molar-refractivity contribution < 1.29 is 13.9 Å². The minimum Gasteiger partial charge on any atom is -0.491 e. The van der Waals surface area contributed by atoms with Gasteiger partial charge in [0.25, 0.3) is 0 Å². The van der Waals surface area contributed by atoms with Crippen LogP contribution in [0.1, 0.15) is 36.5 Å². The maximum Gasteiger partial charge on any atom is 0.224 e. The molecule has 0 aromatic heterocycles. The molecule has 0 aliphatic heterocycles. The van der Waals surface area contributed by atoms with Crippen LogP contribution >= 0.6 is 0 Å². The largest absolute Gasteiger partial charge is 0.491 e. The number of alkyl halides is 1. The standard InChI is InChI=1S/C21H26FNO2/c1-16(2)20-6-4-3-5-18(20)15-21(24)23-13-11-17-7-9-19(10-8-17)25-14-12-22/h3-10,16H,11-15H2,1-2H3,(H,23,24)/i22-1. The first-order valence-electron chi connectivity index (χ1n) is 8.72. The van der Waals surface area contributed by atoms with Crippen molar-refractivity contribution in [2.24, 2.45) is 0 Å². The molecule has 0 heterocycles. The number of ether oxygens (including phenoxy) is 1. The number of carbonyl (C=O) groups is 1. The minimum absolute atomic E-state index is 0.0380. The van der Waals surface area contributed by atoms with Gasteiger partial charge in [-0.2, -0.15) is 0 Å². The van der Waals surface area contributed by atoms with Crippen molar-refractivity contribution in [1.82, 2.24) is 5.32 Å². The van der Waals surface area contributed by atoms with Crippen LogP contribution in [0.3, 0.4) is 0 Å². The smallest absolute Gasteiger partial charge is 0.224 e. The highest BCUT2D eigenvalue weighted by atomic mass is 18.2. The Morgan fingerprint density at radius 1 is 1.12 bits per heavy atom. The summed E-state index contributed by atoms with van der Waals surface area (Å²) in [7, 11) is 0. The molecule has 1 N–H and O–H groups in total. The molecule has 0 unspecified atom stereocenters. The molecule has 0 aliphatic carbocycles. The number of halogens is 1. The molecule has 0 saturated heterocycles. The summed E-state index contributed by atoms with van der Waals surface area (Å²) in [5.41, 5.74) is 3.42. The summed E-state index contributed by atoms with van der Waals surface area (Å²) < 4.78 is 17.3. The SMILES string of the molecule is CC(C)c1ccccc1CC(=O)NCCc1ccc(OCC[18F])cc1. The van der Waals surface area contributed by atoms with E-state index in [4.69, 9.17) is 4.74 Å². The van der Waals surface area contributed by atoms with Crippen LogP contribution in [-0.4, -0.2) is 25.7 Å². The minimum atomic E-state index is -0.492. The molecular formula is C21H26FNO2. The van der Waals surface area contributed by atoms with Crippen molar-refractivity contribution in [2.45, 2.75) is 32.6 Å². The number of hydrogen-bond donors (Lipinski definition) is 1. The van der Waals surface area contributed by atoms with E-state index in [-0.39, 0.29) is 12.5 Å². The number of amides is 1. The van der Waals surface area contributed by atoms with E-state index in [9.17, 15) is 9.18 Å². The number of benzene rings is 2. The van der Waals surface area contributed by atoms with Crippen molar-refractivity contribution in [3.63, 3.8) is 0 Å². The van der Waals surface area contributed by atoms with Crippen molar-refractivity contribution in [3.8, 4) is 5.75 Å². The van der Waals surface area contributed by atoms with Gasteiger partial charge in [-0.05, 0) is 41.2 Å². The first kappa shape index (κ1) is 19.0. The summed E-state index contributed by atoms with van der Waals surface area (Å²) in [5.74, 6) is 1.11. The number of carbonyl (C=O) groups excluding carboxylic acids is 1. The van der Waals surface area contributed by atoms with E-state index in [2.05, 4.69) is 25.2 Å². The summed E-state index contributed by atoms with van der Waals surface area (Å²) in [6, 6.07) is 15.6. The van der Waals surface area contributed by atoms with Gasteiger partial charge in [-0.1, -0.05) is 50.2 Å². The molecule has 1 amide bonds. The maximum atomic E-state index is 12.2. The molecule has 3 nitrogen and oxygen atoms in total. The molecule has 0 bridgehead atoms. The van der Waals surface area contributed by atoms with Gasteiger partial charge in [-0.25, -0.2) is 4.39 Å². The second-order valence-corrected chi connectivity index (χ2v) is 6.31. The van der Waals surface area contributed by atoms with Crippen LogP contribution in [0, 0.1) is 0 Å². The number of hydrogen-bond acceptors (Lipinski definition) is 2. The lowest BCUT2D eigenvalue weighted by Gasteiger charge is -2.12. The Hall–Kier alpha value is -2.36. The number of nitrogens with one attached hydrogen (secondary N) is 1. The van der Waals surface area contributed by atoms with Gasteiger partial charge in [0.05, 0.1) is 6.42 Å². The van der Waals surface area contributed by atoms with Crippen LogP contribution in [0.5, 0.6) is 5.75 Å². The summed E-state index contributed by atoms with van der Waals surface area (Å²) in [6.07, 6.45) is 1.16. The first-order valence-corrected chi connectivity index (χ1v) is 8.72. The third kappa shape index (κ3) is 6.22. The van der Waals surface area contributed by atoms with Gasteiger partial charge in [0.2, 0.25) is 5.91 Å². The average molecular weight is 342 g/mol. The van der Waals surface area contributed by atoms with Crippen LogP contribution in [0.4, 0.5) is 4.39 Å². The lowest BCUT2D eigenvalue weighted by molar-refractivity contribution is -0.120. The van der Waals surface area contributed by atoms with Gasteiger partial charge in [-0.3, -0.25) is 4.79 Å². The van der Waals surface area contributed by atoms with Crippen LogP contribution in [0.25, 0.3) is 0 Å². The van der Waals surface area contributed by atoms with Crippen molar-refractivity contribution in [2.75, 3.05) is 19.8 Å². The Morgan fingerprint density at radius 2 is 1.84 bits per heavy atom. The van der Waals surface area contributed by atoms with Crippen molar-refractivity contribution in [1.29, 1.82) is 0 Å². The van der Waals surface area contributed by atoms with Crippen molar-refractivity contribution >= 4 is 5.91 Å². The molecule has 0 fully saturated rings. The predicted octanol–water partition coefficient (Wildman–Crippen LogP) is 4.06. The second-order valence-electron chi connectivity index (χ2n) is 6.31. The van der Waals surface area contributed by atoms with Gasteiger partial charge in [0.15, 0.2) is 0 Å². The molecular weight excluding hydrogens is 316 g/mol. The van der Waals surface area contributed by atoms with Gasteiger partial charge in [-0.15, -0.1) is 0 Å². The summed E-state index contributed by atoms with van der Waals surface area (Å²) in [4.78, 5) is 12.2. The fraction of sp³-hybridized carbons (Fsp3) is 0.381. The highest BCUT2D eigenvalue weighted by Gasteiger charge is 2.09. The average Bonchev–Trinajstić information content (AvgIpc) is 2.61. The molecule has 4 heteroatoms. The molecule has 25 heavy (non-hydrogen) atoms. The maximum absolute atomic E-state index is 12.2. The zero-order valence-electron chi connectivity index (χ0n) is 14.9. The molecule has 134 valence electrons. The fourth-order valence-corrected chi connectivity index (χ4v) is 2.75. The normalized spacial score (nSPS) is 10.7.